The maximum absolute atomic E-state index is 12.9. The number of anilines is 1. The Balaban J connectivity index is 1.56. The summed E-state index contributed by atoms with van der Waals surface area (Å²) in [6.07, 6.45) is -1.01. The summed E-state index contributed by atoms with van der Waals surface area (Å²) < 4.78 is 33.6. The summed E-state index contributed by atoms with van der Waals surface area (Å²) in [5, 5.41) is 2.52. The van der Waals surface area contributed by atoms with Gasteiger partial charge in [-0.15, -0.1) is 0 Å². The molecule has 0 fully saturated rings. The van der Waals surface area contributed by atoms with Crippen LogP contribution >= 0.6 is 0 Å². The highest BCUT2D eigenvalue weighted by molar-refractivity contribution is 6.05. The minimum absolute atomic E-state index is 0.0215. The molecule has 0 spiro atoms. The van der Waals surface area contributed by atoms with E-state index < -0.39 is 30.4 Å². The summed E-state index contributed by atoms with van der Waals surface area (Å²) in [6.45, 7) is 2.23. The van der Waals surface area contributed by atoms with E-state index in [9.17, 15) is 18.8 Å². The van der Waals surface area contributed by atoms with Crippen LogP contribution in [0.4, 0.5) is 10.1 Å². The summed E-state index contributed by atoms with van der Waals surface area (Å²) in [5.74, 6) is -1.05. The van der Waals surface area contributed by atoms with Crippen LogP contribution in [-0.2, 0) is 14.3 Å². The molecule has 1 aliphatic heterocycles. The number of Topliss-reactive ketones (excluding diaryl/α,β-unsaturated/α-hetero) is 1. The molecule has 1 aliphatic rings. The van der Waals surface area contributed by atoms with Crippen molar-refractivity contribution in [2.24, 2.45) is 0 Å². The number of amides is 1. The van der Waals surface area contributed by atoms with Crippen LogP contribution in [0.25, 0.3) is 0 Å². The summed E-state index contributed by atoms with van der Waals surface area (Å²) in [4.78, 5) is 36.0. The molecule has 0 aromatic heterocycles. The minimum atomic E-state index is -1.01. The molecule has 1 atom stereocenters. The molecule has 0 bridgehead atoms. The number of rotatable bonds is 7. The van der Waals surface area contributed by atoms with Crippen LogP contribution < -0.4 is 19.5 Å². The number of esters is 1. The van der Waals surface area contributed by atoms with Gasteiger partial charge in [-0.05, 0) is 44.2 Å². The van der Waals surface area contributed by atoms with Gasteiger partial charge in [-0.1, -0.05) is 0 Å². The Bertz CT molecular complexity index is 943. The smallest absolute Gasteiger partial charge is 0.347 e. The lowest BCUT2D eigenvalue weighted by atomic mass is 10.1. The number of ether oxygens (including phenoxy) is 4. The van der Waals surface area contributed by atoms with Crippen LogP contribution in [0, 0.1) is 5.82 Å². The Morgan fingerprint density at radius 2 is 1.79 bits per heavy atom. The lowest BCUT2D eigenvalue weighted by Gasteiger charge is -2.14. The number of carbonyl (C=O) groups is 3. The fourth-order valence-corrected chi connectivity index (χ4v) is 2.54. The third kappa shape index (κ3) is 5.01. The Morgan fingerprint density at radius 3 is 2.45 bits per heavy atom. The van der Waals surface area contributed by atoms with Crippen LogP contribution in [0.15, 0.2) is 36.4 Å². The molecule has 0 saturated carbocycles. The first-order chi connectivity index (χ1) is 13.8. The molecule has 1 N–H and O–H groups in total. The van der Waals surface area contributed by atoms with Crippen molar-refractivity contribution in [3.63, 3.8) is 0 Å². The highest BCUT2D eigenvalue weighted by Gasteiger charge is 2.22. The molecule has 0 aliphatic carbocycles. The standard InChI is InChI=1S/C20H18FNO7/c1-11(23)15-7-17-18(28-10-27-17)8-16(15)22-19(24)9-26-20(25)12(2)29-14-5-3-13(21)4-6-14/h3-8,12H,9-10H2,1-2H3,(H,22,24)/t12-/m0/s1. The first-order valence-corrected chi connectivity index (χ1v) is 8.67. The maximum Gasteiger partial charge on any atom is 0.347 e. The van der Waals surface area contributed by atoms with Crippen molar-refractivity contribution in [1.29, 1.82) is 0 Å². The van der Waals surface area contributed by atoms with Gasteiger partial charge in [0.1, 0.15) is 11.6 Å². The van der Waals surface area contributed by atoms with Gasteiger partial charge in [0.2, 0.25) is 6.79 Å². The van der Waals surface area contributed by atoms with Crippen molar-refractivity contribution in [3.05, 3.63) is 47.8 Å². The van der Waals surface area contributed by atoms with Gasteiger partial charge in [0.05, 0.1) is 5.69 Å². The molecular formula is C20H18FNO7. The highest BCUT2D eigenvalue weighted by atomic mass is 19.1. The zero-order chi connectivity index (χ0) is 21.0. The molecule has 9 heteroatoms. The average molecular weight is 403 g/mol. The lowest BCUT2D eigenvalue weighted by Crippen LogP contribution is -2.30. The number of carbonyl (C=O) groups excluding carboxylic acids is 3. The third-order valence-electron chi connectivity index (χ3n) is 3.97. The molecule has 0 saturated heterocycles. The number of fused-ring (bicyclic) bond motifs is 1. The van der Waals surface area contributed by atoms with Crippen LogP contribution in [0.5, 0.6) is 17.2 Å². The summed E-state index contributed by atoms with van der Waals surface area (Å²) in [5.41, 5.74) is 0.459. The van der Waals surface area contributed by atoms with Gasteiger partial charge in [0.25, 0.3) is 5.91 Å². The maximum atomic E-state index is 12.9. The number of benzene rings is 2. The van der Waals surface area contributed by atoms with Gasteiger partial charge in [-0.25, -0.2) is 9.18 Å². The van der Waals surface area contributed by atoms with E-state index in [1.54, 1.807) is 0 Å². The van der Waals surface area contributed by atoms with Gasteiger partial charge in [-0.3, -0.25) is 9.59 Å². The summed E-state index contributed by atoms with van der Waals surface area (Å²) >= 11 is 0. The normalized spacial score (nSPS) is 12.8. The number of nitrogens with one attached hydrogen (secondary N) is 1. The minimum Gasteiger partial charge on any atom is -0.479 e. The number of hydrogen-bond acceptors (Lipinski definition) is 7. The average Bonchev–Trinajstić information content (AvgIpc) is 3.14. The Hall–Kier alpha value is -3.62. The first kappa shape index (κ1) is 20.1. The Labute approximate surface area is 165 Å². The van der Waals surface area contributed by atoms with E-state index in [1.807, 2.05) is 0 Å². The van der Waals surface area contributed by atoms with E-state index >= 15 is 0 Å². The number of ketones is 1. The Morgan fingerprint density at radius 1 is 1.14 bits per heavy atom. The van der Waals surface area contributed by atoms with Crippen LogP contribution in [0.3, 0.4) is 0 Å². The van der Waals surface area contributed by atoms with Crippen molar-refractivity contribution in [3.8, 4) is 17.2 Å². The van der Waals surface area contributed by atoms with E-state index in [0.29, 0.717) is 11.5 Å². The van der Waals surface area contributed by atoms with Gasteiger partial charge < -0.3 is 24.3 Å². The fourth-order valence-electron chi connectivity index (χ4n) is 2.54. The molecule has 1 amide bonds. The predicted octanol–water partition coefficient (Wildman–Crippen LogP) is 2.71. The van der Waals surface area contributed by atoms with E-state index in [1.165, 1.54) is 50.2 Å². The van der Waals surface area contributed by atoms with Gasteiger partial charge in [-0.2, -0.15) is 0 Å². The van der Waals surface area contributed by atoms with Crippen molar-refractivity contribution < 1.29 is 37.7 Å². The molecule has 8 nitrogen and oxygen atoms in total. The van der Waals surface area contributed by atoms with Gasteiger partial charge >= 0.3 is 5.97 Å². The number of halogens is 1. The molecule has 1 heterocycles. The largest absolute Gasteiger partial charge is 0.479 e. The second-order valence-corrected chi connectivity index (χ2v) is 6.18. The van der Waals surface area contributed by atoms with Crippen LogP contribution in [0.2, 0.25) is 0 Å². The second-order valence-electron chi connectivity index (χ2n) is 6.18. The lowest BCUT2D eigenvalue weighted by molar-refractivity contribution is -0.153. The molecule has 2 aromatic carbocycles. The number of hydrogen-bond donors (Lipinski definition) is 1. The van der Waals surface area contributed by atoms with E-state index in [4.69, 9.17) is 18.9 Å². The molecule has 0 radical (unpaired) electrons. The van der Waals surface area contributed by atoms with Crippen molar-refractivity contribution in [2.45, 2.75) is 20.0 Å². The van der Waals surface area contributed by atoms with E-state index in [-0.39, 0.29) is 29.6 Å². The first-order valence-electron chi connectivity index (χ1n) is 8.67. The van der Waals surface area contributed by atoms with Gasteiger partial charge in [0, 0.05) is 11.6 Å². The molecule has 3 rings (SSSR count). The van der Waals surface area contributed by atoms with Crippen molar-refractivity contribution >= 4 is 23.3 Å². The van der Waals surface area contributed by atoms with Crippen molar-refractivity contribution in [2.75, 3.05) is 18.7 Å². The second kappa shape index (κ2) is 8.59. The van der Waals surface area contributed by atoms with Gasteiger partial charge in [0.15, 0.2) is 30.0 Å². The summed E-state index contributed by atoms with van der Waals surface area (Å²) in [7, 11) is 0. The van der Waals surface area contributed by atoms with E-state index in [0.717, 1.165) is 0 Å². The molecule has 0 unspecified atom stereocenters. The topological polar surface area (TPSA) is 100 Å². The molecule has 152 valence electrons. The SMILES string of the molecule is CC(=O)c1cc2c(cc1NC(=O)COC(=O)[C@H](C)Oc1ccc(F)cc1)OCO2. The Kier molecular flexibility index (Phi) is 5.96. The zero-order valence-electron chi connectivity index (χ0n) is 15.7. The zero-order valence-corrected chi connectivity index (χ0v) is 15.7. The quantitative estimate of drug-likeness (QED) is 0.560. The molecule has 29 heavy (non-hydrogen) atoms. The van der Waals surface area contributed by atoms with Crippen LogP contribution in [0.1, 0.15) is 24.2 Å². The fraction of sp³-hybridized carbons (Fsp3) is 0.250. The molecular weight excluding hydrogens is 385 g/mol. The van der Waals surface area contributed by atoms with Crippen molar-refractivity contribution in [1.82, 2.24) is 0 Å². The molecule has 2 aromatic rings. The third-order valence-corrected chi connectivity index (χ3v) is 3.97. The van der Waals surface area contributed by atoms with E-state index in [2.05, 4.69) is 5.32 Å². The van der Waals surface area contributed by atoms with Crippen LogP contribution in [-0.4, -0.2) is 37.2 Å². The highest BCUT2D eigenvalue weighted by Crippen LogP contribution is 2.37. The summed E-state index contributed by atoms with van der Waals surface area (Å²) in [6, 6.07) is 8.07. The predicted molar refractivity (Wildman–Crippen MR) is 98.6 cm³/mol. The monoisotopic (exact) mass is 403 g/mol.